The predicted molar refractivity (Wildman–Crippen MR) is 112 cm³/mol. The van der Waals surface area contributed by atoms with Gasteiger partial charge < -0.3 is 5.73 Å². The maximum Gasteiger partial charge on any atom is 0.269 e. The first-order valence-corrected chi connectivity index (χ1v) is 9.50. The van der Waals surface area contributed by atoms with Gasteiger partial charge in [-0.05, 0) is 28.8 Å². The zero-order chi connectivity index (χ0) is 20.8. The molecule has 0 radical (unpaired) electrons. The lowest BCUT2D eigenvalue weighted by atomic mass is 10.1. The van der Waals surface area contributed by atoms with E-state index in [4.69, 9.17) is 17.3 Å². The number of hydrogen-bond acceptors (Lipinski definition) is 4. The van der Waals surface area contributed by atoms with Crippen molar-refractivity contribution < 1.29 is 9.31 Å². The van der Waals surface area contributed by atoms with Crippen molar-refractivity contribution in [1.82, 2.24) is 4.90 Å². The largest absolute Gasteiger partial charge is 0.326 e. The number of nitro groups is 1. The van der Waals surface area contributed by atoms with E-state index in [1.807, 2.05) is 29.2 Å². The van der Waals surface area contributed by atoms with E-state index in [1.165, 1.54) is 18.2 Å². The quantitative estimate of drug-likeness (QED) is 0.414. The van der Waals surface area contributed by atoms with E-state index < -0.39 is 4.92 Å². The van der Waals surface area contributed by atoms with Crippen LogP contribution < -0.4 is 5.73 Å². The van der Waals surface area contributed by atoms with Gasteiger partial charge in [0.2, 0.25) is 0 Å². The Bertz CT molecular complexity index is 958. The molecule has 150 valence electrons. The summed E-state index contributed by atoms with van der Waals surface area (Å²) in [5, 5.41) is 11.2. The molecule has 0 aliphatic rings. The number of nitro benzene ring substituents is 1. The highest BCUT2D eigenvalue weighted by Crippen LogP contribution is 2.23. The van der Waals surface area contributed by atoms with Crippen molar-refractivity contribution in [3.05, 3.63) is 110 Å². The molecule has 5 nitrogen and oxygen atoms in total. The van der Waals surface area contributed by atoms with E-state index in [0.29, 0.717) is 36.8 Å². The Hall–Kier alpha value is -2.80. The van der Waals surface area contributed by atoms with Gasteiger partial charge in [-0.2, -0.15) is 0 Å². The molecule has 0 bridgehead atoms. The monoisotopic (exact) mass is 413 g/mol. The molecule has 29 heavy (non-hydrogen) atoms. The Balaban J connectivity index is 1.84. The first-order chi connectivity index (χ1) is 14.0. The second-order valence-corrected chi connectivity index (χ2v) is 7.20. The van der Waals surface area contributed by atoms with E-state index >= 15 is 0 Å². The van der Waals surface area contributed by atoms with Gasteiger partial charge in [0.1, 0.15) is 5.82 Å². The molecule has 0 aliphatic carbocycles. The number of halogens is 2. The maximum absolute atomic E-state index is 14.3. The third kappa shape index (κ3) is 5.60. The van der Waals surface area contributed by atoms with Crippen molar-refractivity contribution in [1.29, 1.82) is 0 Å². The number of benzene rings is 3. The van der Waals surface area contributed by atoms with Gasteiger partial charge in [0, 0.05) is 48.9 Å². The molecule has 0 saturated heterocycles. The van der Waals surface area contributed by atoms with Crippen molar-refractivity contribution in [2.45, 2.75) is 26.2 Å². The van der Waals surface area contributed by atoms with Crippen LogP contribution in [0.15, 0.2) is 66.7 Å². The summed E-state index contributed by atoms with van der Waals surface area (Å²) in [5.41, 5.74) is 9.10. The lowest BCUT2D eigenvalue weighted by Gasteiger charge is -2.23. The van der Waals surface area contributed by atoms with Crippen LogP contribution in [0.5, 0.6) is 0 Å². The summed E-state index contributed by atoms with van der Waals surface area (Å²) in [6.45, 7) is 1.83. The summed E-state index contributed by atoms with van der Waals surface area (Å²) in [5.74, 6) is -0.357. The molecule has 0 saturated carbocycles. The average Bonchev–Trinajstić information content (AvgIpc) is 2.71. The summed E-state index contributed by atoms with van der Waals surface area (Å²) < 4.78 is 14.3. The molecule has 0 heterocycles. The van der Waals surface area contributed by atoms with E-state index in [2.05, 4.69) is 0 Å². The minimum absolute atomic E-state index is 0.0369. The molecular formula is C22H21ClFN3O2. The van der Waals surface area contributed by atoms with Crippen LogP contribution >= 0.6 is 11.6 Å². The zero-order valence-electron chi connectivity index (χ0n) is 15.7. The van der Waals surface area contributed by atoms with Gasteiger partial charge >= 0.3 is 0 Å². The number of non-ortho nitro benzene ring substituents is 1. The first kappa shape index (κ1) is 20.9. The molecule has 0 aliphatic heterocycles. The smallest absolute Gasteiger partial charge is 0.269 e. The highest BCUT2D eigenvalue weighted by atomic mass is 35.5. The Morgan fingerprint density at radius 2 is 1.45 bits per heavy atom. The first-order valence-electron chi connectivity index (χ1n) is 9.12. The molecule has 0 aromatic heterocycles. The predicted octanol–water partition coefficient (Wildman–Crippen LogP) is 5.05. The van der Waals surface area contributed by atoms with Crippen LogP contribution in [0.2, 0.25) is 5.02 Å². The van der Waals surface area contributed by atoms with Gasteiger partial charge in [0.15, 0.2) is 0 Å². The summed E-state index contributed by atoms with van der Waals surface area (Å²) in [6.07, 6.45) is 0. The molecule has 0 spiro atoms. The van der Waals surface area contributed by atoms with Gasteiger partial charge in [-0.1, -0.05) is 54.1 Å². The molecule has 3 aromatic rings. The van der Waals surface area contributed by atoms with E-state index in [0.717, 1.165) is 16.7 Å². The average molecular weight is 414 g/mol. The summed E-state index contributed by atoms with van der Waals surface area (Å²) in [6, 6.07) is 18.9. The SMILES string of the molecule is NCc1ccc(CN(Cc2ccc([N+](=O)[O-])cc2)Cc2c(F)cccc2Cl)cc1. The Morgan fingerprint density at radius 1 is 0.897 bits per heavy atom. The van der Waals surface area contributed by atoms with Crippen LogP contribution in [-0.4, -0.2) is 9.82 Å². The molecular weight excluding hydrogens is 393 g/mol. The van der Waals surface area contributed by atoms with E-state index in [-0.39, 0.29) is 11.5 Å². The molecule has 3 rings (SSSR count). The minimum Gasteiger partial charge on any atom is -0.326 e. The number of hydrogen-bond donors (Lipinski definition) is 1. The standard InChI is InChI=1S/C22H21ClFN3O2/c23-21-2-1-3-22(24)20(21)15-26(13-17-6-4-16(12-25)5-7-17)14-18-8-10-19(11-9-18)27(28)29/h1-11H,12-15,25H2. The highest BCUT2D eigenvalue weighted by Gasteiger charge is 2.15. The lowest BCUT2D eigenvalue weighted by molar-refractivity contribution is -0.384. The van der Waals surface area contributed by atoms with E-state index in [1.54, 1.807) is 24.3 Å². The maximum atomic E-state index is 14.3. The molecule has 0 unspecified atom stereocenters. The molecule has 2 N–H and O–H groups in total. The van der Waals surface area contributed by atoms with Crippen LogP contribution in [0.4, 0.5) is 10.1 Å². The highest BCUT2D eigenvalue weighted by molar-refractivity contribution is 6.31. The Kier molecular flexibility index (Phi) is 6.93. The van der Waals surface area contributed by atoms with Crippen molar-refractivity contribution >= 4 is 17.3 Å². The molecule has 0 atom stereocenters. The summed E-state index contributed by atoms with van der Waals surface area (Å²) in [4.78, 5) is 12.5. The number of nitrogens with two attached hydrogens (primary N) is 1. The van der Waals surface area contributed by atoms with Crippen LogP contribution in [0.25, 0.3) is 0 Å². The summed E-state index contributed by atoms with van der Waals surface area (Å²) in [7, 11) is 0. The second-order valence-electron chi connectivity index (χ2n) is 6.79. The molecule has 7 heteroatoms. The van der Waals surface area contributed by atoms with Crippen molar-refractivity contribution in [2.24, 2.45) is 5.73 Å². The number of nitrogens with zero attached hydrogens (tertiary/aromatic N) is 2. The minimum atomic E-state index is -0.431. The van der Waals surface area contributed by atoms with Crippen molar-refractivity contribution in [3.63, 3.8) is 0 Å². The molecule has 0 fully saturated rings. The summed E-state index contributed by atoms with van der Waals surface area (Å²) >= 11 is 6.22. The third-order valence-corrected chi connectivity index (χ3v) is 5.02. The van der Waals surface area contributed by atoms with Gasteiger partial charge in [-0.15, -0.1) is 0 Å². The van der Waals surface area contributed by atoms with Crippen LogP contribution in [0.3, 0.4) is 0 Å². The fraction of sp³-hybridized carbons (Fsp3) is 0.182. The van der Waals surface area contributed by atoms with Crippen molar-refractivity contribution in [3.8, 4) is 0 Å². The Labute approximate surface area is 173 Å². The Morgan fingerprint density at radius 3 is 1.97 bits per heavy atom. The molecule has 3 aromatic carbocycles. The van der Waals surface area contributed by atoms with Crippen molar-refractivity contribution in [2.75, 3.05) is 0 Å². The number of rotatable bonds is 8. The third-order valence-electron chi connectivity index (χ3n) is 4.66. The van der Waals surface area contributed by atoms with Crippen LogP contribution in [0, 0.1) is 15.9 Å². The zero-order valence-corrected chi connectivity index (χ0v) is 16.5. The van der Waals surface area contributed by atoms with Gasteiger partial charge in [-0.25, -0.2) is 4.39 Å². The van der Waals surface area contributed by atoms with E-state index in [9.17, 15) is 14.5 Å². The lowest BCUT2D eigenvalue weighted by Crippen LogP contribution is -2.23. The fourth-order valence-corrected chi connectivity index (χ4v) is 3.32. The van der Waals surface area contributed by atoms with Crippen LogP contribution in [0.1, 0.15) is 22.3 Å². The topological polar surface area (TPSA) is 72.4 Å². The molecule has 0 amide bonds. The van der Waals surface area contributed by atoms with Gasteiger partial charge in [0.05, 0.1) is 4.92 Å². The van der Waals surface area contributed by atoms with Gasteiger partial charge in [-0.3, -0.25) is 15.0 Å². The van der Waals surface area contributed by atoms with Gasteiger partial charge in [0.25, 0.3) is 5.69 Å². The normalized spacial score (nSPS) is 11.0. The van der Waals surface area contributed by atoms with Crippen LogP contribution in [-0.2, 0) is 26.2 Å². The fourth-order valence-electron chi connectivity index (χ4n) is 3.09. The second kappa shape index (κ2) is 9.60.